The Hall–Kier alpha value is -3.66. The third-order valence-electron chi connectivity index (χ3n) is 5.75. The van der Waals surface area contributed by atoms with Crippen LogP contribution in [-0.2, 0) is 25.3 Å². The number of hydrogen-bond acceptors (Lipinski definition) is 5. The van der Waals surface area contributed by atoms with Crippen molar-refractivity contribution in [2.24, 2.45) is 11.8 Å². The molecule has 2 aromatic carbocycles. The molecule has 0 aromatic heterocycles. The Morgan fingerprint density at radius 1 is 1.03 bits per heavy atom. The van der Waals surface area contributed by atoms with Crippen molar-refractivity contribution in [3.63, 3.8) is 0 Å². The maximum Gasteiger partial charge on any atom is 0.416 e. The largest absolute Gasteiger partial charge is 0.452 e. The lowest BCUT2D eigenvalue weighted by Gasteiger charge is -2.15. The molecule has 2 aliphatic rings. The van der Waals surface area contributed by atoms with Gasteiger partial charge in [-0.25, -0.2) is 4.79 Å². The predicted molar refractivity (Wildman–Crippen MR) is 120 cm³/mol. The van der Waals surface area contributed by atoms with Gasteiger partial charge in [0, 0.05) is 0 Å². The van der Waals surface area contributed by atoms with Crippen molar-refractivity contribution in [3.8, 4) is 0 Å². The molecule has 0 unspecified atom stereocenters. The van der Waals surface area contributed by atoms with Crippen LogP contribution in [0.4, 0.5) is 24.5 Å². The Morgan fingerprint density at radius 2 is 1.69 bits per heavy atom. The summed E-state index contributed by atoms with van der Waals surface area (Å²) in [6.07, 6.45) is 0.0351. The second-order valence-corrected chi connectivity index (χ2v) is 8.44. The minimum atomic E-state index is -4.63. The average Bonchev–Trinajstić information content (AvgIpc) is 3.08. The minimum absolute atomic E-state index is 0.0130. The van der Waals surface area contributed by atoms with Crippen molar-refractivity contribution < 1.29 is 37.1 Å². The van der Waals surface area contributed by atoms with E-state index in [0.29, 0.717) is 18.9 Å². The highest BCUT2D eigenvalue weighted by molar-refractivity contribution is 6.33. The summed E-state index contributed by atoms with van der Waals surface area (Å²) >= 11 is 5.84. The molecule has 0 saturated carbocycles. The molecule has 4 rings (SSSR count). The van der Waals surface area contributed by atoms with E-state index in [0.717, 1.165) is 17.0 Å². The van der Waals surface area contributed by atoms with Gasteiger partial charge in [0.1, 0.15) is 0 Å². The number of alkyl halides is 3. The molecule has 2 atom stereocenters. The SMILES string of the molecule is O=C(COC(=O)c1cccc(N2C(=O)[C@H]3CC=CC[C@H]3C2=O)c1)Nc1cc(C(F)(F)F)ccc1Cl. The van der Waals surface area contributed by atoms with Crippen molar-refractivity contribution >= 4 is 46.7 Å². The third-order valence-corrected chi connectivity index (χ3v) is 6.08. The number of rotatable bonds is 5. The number of nitrogens with zero attached hydrogens (tertiary/aromatic N) is 1. The van der Waals surface area contributed by atoms with Crippen molar-refractivity contribution in [2.45, 2.75) is 19.0 Å². The van der Waals surface area contributed by atoms with Gasteiger partial charge in [-0.15, -0.1) is 0 Å². The van der Waals surface area contributed by atoms with Crippen LogP contribution in [-0.4, -0.2) is 30.3 Å². The van der Waals surface area contributed by atoms with Gasteiger partial charge < -0.3 is 10.1 Å². The van der Waals surface area contributed by atoms with E-state index in [1.54, 1.807) is 0 Å². The molecule has 3 amide bonds. The quantitative estimate of drug-likeness (QED) is 0.363. The Bertz CT molecular complexity index is 1220. The number of ether oxygens (including phenoxy) is 1. The highest BCUT2D eigenvalue weighted by atomic mass is 35.5. The molecule has 1 aliphatic carbocycles. The number of carbonyl (C=O) groups is 4. The van der Waals surface area contributed by atoms with Crippen molar-refractivity contribution in [2.75, 3.05) is 16.8 Å². The van der Waals surface area contributed by atoms with Crippen LogP contribution in [0.15, 0.2) is 54.6 Å². The summed E-state index contributed by atoms with van der Waals surface area (Å²) in [5, 5.41) is 2.05. The summed E-state index contributed by atoms with van der Waals surface area (Å²) in [4.78, 5) is 51.2. The van der Waals surface area contributed by atoms with Gasteiger partial charge in [0.15, 0.2) is 6.61 Å². The number of hydrogen-bond donors (Lipinski definition) is 1. The molecule has 2 aromatic rings. The molecule has 182 valence electrons. The summed E-state index contributed by atoms with van der Waals surface area (Å²) in [6, 6.07) is 8.10. The van der Waals surface area contributed by atoms with Crippen LogP contribution in [0.25, 0.3) is 0 Å². The van der Waals surface area contributed by atoms with Crippen LogP contribution in [0.5, 0.6) is 0 Å². The lowest BCUT2D eigenvalue weighted by Crippen LogP contribution is -2.31. The molecule has 1 aliphatic heterocycles. The lowest BCUT2D eigenvalue weighted by atomic mass is 9.85. The number of nitrogens with one attached hydrogen (secondary N) is 1. The van der Waals surface area contributed by atoms with Crippen LogP contribution in [0.2, 0.25) is 5.02 Å². The van der Waals surface area contributed by atoms with E-state index in [2.05, 4.69) is 5.32 Å². The first kappa shape index (κ1) is 24.5. The van der Waals surface area contributed by atoms with Crippen LogP contribution >= 0.6 is 11.6 Å². The first-order valence-electron chi connectivity index (χ1n) is 10.5. The van der Waals surface area contributed by atoms with Gasteiger partial charge in [-0.1, -0.05) is 29.8 Å². The third kappa shape index (κ3) is 5.07. The van der Waals surface area contributed by atoms with Crippen molar-refractivity contribution in [3.05, 3.63) is 70.8 Å². The standard InChI is InChI=1S/C24H18ClF3N2O5/c25-18-9-8-14(24(26,27)28)11-19(18)29-20(31)12-35-23(34)13-4-3-5-15(10-13)30-21(32)16-6-1-2-7-17(16)22(30)33/h1-5,8-11,16-17H,6-7,12H2,(H,29,31)/t16-,17+. The number of anilines is 2. The number of carbonyl (C=O) groups excluding carboxylic acids is 4. The van der Waals surface area contributed by atoms with E-state index in [9.17, 15) is 32.3 Å². The number of imide groups is 1. The fraction of sp³-hybridized carbons (Fsp3) is 0.250. The van der Waals surface area contributed by atoms with E-state index in [1.807, 2.05) is 12.2 Å². The smallest absolute Gasteiger partial charge is 0.416 e. The van der Waals surface area contributed by atoms with E-state index in [1.165, 1.54) is 24.3 Å². The molecule has 7 nitrogen and oxygen atoms in total. The van der Waals surface area contributed by atoms with Crippen LogP contribution in [0, 0.1) is 11.8 Å². The number of fused-ring (bicyclic) bond motifs is 1. The zero-order valence-electron chi connectivity index (χ0n) is 18.0. The Kier molecular flexibility index (Phi) is 6.66. The van der Waals surface area contributed by atoms with Gasteiger partial charge in [0.25, 0.3) is 5.91 Å². The molecule has 11 heteroatoms. The molecule has 1 N–H and O–H groups in total. The number of benzene rings is 2. The first-order valence-corrected chi connectivity index (χ1v) is 10.9. The summed E-state index contributed by atoms with van der Waals surface area (Å²) in [6.45, 7) is -0.799. The summed E-state index contributed by atoms with van der Waals surface area (Å²) < 4.78 is 43.6. The predicted octanol–water partition coefficient (Wildman–Crippen LogP) is 4.61. The summed E-state index contributed by atoms with van der Waals surface area (Å²) in [5.41, 5.74) is -1.09. The molecular formula is C24H18ClF3N2O5. The molecule has 1 heterocycles. The van der Waals surface area contributed by atoms with Crippen LogP contribution < -0.4 is 10.2 Å². The highest BCUT2D eigenvalue weighted by Gasteiger charge is 2.47. The monoisotopic (exact) mass is 506 g/mol. The van der Waals surface area contributed by atoms with E-state index in [4.69, 9.17) is 16.3 Å². The van der Waals surface area contributed by atoms with Crippen molar-refractivity contribution in [1.82, 2.24) is 0 Å². The number of allylic oxidation sites excluding steroid dienone is 2. The Balaban J connectivity index is 1.41. The molecule has 0 radical (unpaired) electrons. The topological polar surface area (TPSA) is 92.8 Å². The highest BCUT2D eigenvalue weighted by Crippen LogP contribution is 2.38. The molecule has 0 spiro atoms. The minimum Gasteiger partial charge on any atom is -0.452 e. The van der Waals surface area contributed by atoms with Gasteiger partial charge in [-0.05, 0) is 49.2 Å². The number of esters is 1. The fourth-order valence-corrected chi connectivity index (χ4v) is 4.19. The zero-order chi connectivity index (χ0) is 25.3. The average molecular weight is 507 g/mol. The van der Waals surface area contributed by atoms with Gasteiger partial charge >= 0.3 is 12.1 Å². The molecular weight excluding hydrogens is 489 g/mol. The van der Waals surface area contributed by atoms with Crippen LogP contribution in [0.3, 0.4) is 0 Å². The lowest BCUT2D eigenvalue weighted by molar-refractivity contribution is -0.137. The summed E-state index contributed by atoms with van der Waals surface area (Å²) in [5.74, 6) is -3.38. The second kappa shape index (κ2) is 9.53. The maximum atomic E-state index is 12.9. The molecule has 1 fully saturated rings. The first-order chi connectivity index (χ1) is 16.6. The van der Waals surface area contributed by atoms with Gasteiger partial charge in [0.05, 0.1) is 39.4 Å². The van der Waals surface area contributed by atoms with E-state index < -0.39 is 42.1 Å². The second-order valence-electron chi connectivity index (χ2n) is 8.03. The van der Waals surface area contributed by atoms with E-state index >= 15 is 0 Å². The van der Waals surface area contributed by atoms with Gasteiger partial charge in [-0.2, -0.15) is 13.2 Å². The fourth-order valence-electron chi connectivity index (χ4n) is 4.02. The number of amides is 3. The Labute approximate surface area is 202 Å². The van der Waals surface area contributed by atoms with Crippen LogP contribution in [0.1, 0.15) is 28.8 Å². The molecule has 35 heavy (non-hydrogen) atoms. The van der Waals surface area contributed by atoms with E-state index in [-0.39, 0.29) is 33.8 Å². The maximum absolute atomic E-state index is 12.9. The zero-order valence-corrected chi connectivity index (χ0v) is 18.7. The summed E-state index contributed by atoms with van der Waals surface area (Å²) in [7, 11) is 0. The normalized spacial score (nSPS) is 19.5. The Morgan fingerprint density at radius 3 is 2.31 bits per heavy atom. The molecule has 1 saturated heterocycles. The van der Waals surface area contributed by atoms with Gasteiger partial charge in [0.2, 0.25) is 11.8 Å². The van der Waals surface area contributed by atoms with Gasteiger partial charge in [-0.3, -0.25) is 19.3 Å². The molecule has 0 bridgehead atoms. The van der Waals surface area contributed by atoms with Crippen molar-refractivity contribution in [1.29, 1.82) is 0 Å². The number of halogens is 4.